The van der Waals surface area contributed by atoms with Gasteiger partial charge in [0.25, 0.3) is 0 Å². The Kier molecular flexibility index (Phi) is 1.79. The van der Waals surface area contributed by atoms with Crippen LogP contribution in [0.1, 0.15) is 20.3 Å². The summed E-state index contributed by atoms with van der Waals surface area (Å²) >= 11 is 0. The van der Waals surface area contributed by atoms with Crippen molar-refractivity contribution in [1.82, 2.24) is 14.5 Å². The Morgan fingerprint density at radius 1 is 1.56 bits per heavy atom. The van der Waals surface area contributed by atoms with E-state index >= 15 is 0 Å². The highest BCUT2D eigenvalue weighted by molar-refractivity contribution is 5.77. The lowest BCUT2D eigenvalue weighted by Gasteiger charge is -2.07. The van der Waals surface area contributed by atoms with Crippen molar-refractivity contribution in [2.75, 3.05) is 5.73 Å². The Balaban J connectivity index is 2.00. The zero-order valence-corrected chi connectivity index (χ0v) is 9.64. The van der Waals surface area contributed by atoms with Crippen LogP contribution in [0.15, 0.2) is 18.5 Å². The van der Waals surface area contributed by atoms with E-state index in [1.807, 2.05) is 6.07 Å². The third-order valence-electron chi connectivity index (χ3n) is 3.70. The smallest absolute Gasteiger partial charge is 0.201 e. The normalized spacial score (nSPS) is 22.5. The molecule has 0 radical (unpaired) electrons. The minimum Gasteiger partial charge on any atom is -0.369 e. The Hall–Kier alpha value is -1.58. The fourth-order valence-corrected chi connectivity index (χ4v) is 2.30. The molecule has 1 atom stereocenters. The third kappa shape index (κ3) is 1.37. The second kappa shape index (κ2) is 2.97. The summed E-state index contributed by atoms with van der Waals surface area (Å²) in [5.74, 6) is 1.33. The Morgan fingerprint density at radius 3 is 3.00 bits per heavy atom. The van der Waals surface area contributed by atoms with E-state index in [-0.39, 0.29) is 0 Å². The molecular weight excluding hydrogens is 200 g/mol. The van der Waals surface area contributed by atoms with Gasteiger partial charge in [0.1, 0.15) is 5.52 Å². The number of nitrogen functional groups attached to an aromatic ring is 1. The zero-order chi connectivity index (χ0) is 11.3. The molecule has 2 N–H and O–H groups in total. The molecule has 0 amide bonds. The topological polar surface area (TPSA) is 56.7 Å². The highest BCUT2D eigenvalue weighted by Gasteiger charge is 2.45. The molecule has 84 valence electrons. The van der Waals surface area contributed by atoms with Gasteiger partial charge in [-0.3, -0.25) is 4.98 Å². The first kappa shape index (κ1) is 9.63. The average molecular weight is 216 g/mol. The first-order valence-corrected chi connectivity index (χ1v) is 5.64. The third-order valence-corrected chi connectivity index (χ3v) is 3.70. The maximum atomic E-state index is 5.94. The minimum absolute atomic E-state index is 0.468. The van der Waals surface area contributed by atoms with Crippen molar-refractivity contribution < 1.29 is 0 Å². The van der Waals surface area contributed by atoms with Crippen LogP contribution in [0.4, 0.5) is 5.95 Å². The van der Waals surface area contributed by atoms with Crippen molar-refractivity contribution in [2.45, 2.75) is 26.8 Å². The molecule has 1 unspecified atom stereocenters. The molecule has 4 nitrogen and oxygen atoms in total. The number of hydrogen-bond donors (Lipinski definition) is 1. The predicted octanol–water partition coefficient (Wildman–Crippen LogP) is 2.06. The second-order valence-corrected chi connectivity index (χ2v) is 5.33. The number of rotatable bonds is 2. The summed E-state index contributed by atoms with van der Waals surface area (Å²) in [6.07, 6.45) is 4.83. The molecule has 0 aromatic carbocycles. The molecule has 2 aromatic heterocycles. The fourth-order valence-electron chi connectivity index (χ4n) is 2.30. The molecular formula is C12H16N4. The quantitative estimate of drug-likeness (QED) is 0.836. The molecule has 0 spiro atoms. The van der Waals surface area contributed by atoms with Crippen molar-refractivity contribution in [3.63, 3.8) is 0 Å². The van der Waals surface area contributed by atoms with Crippen LogP contribution >= 0.6 is 0 Å². The van der Waals surface area contributed by atoms with Gasteiger partial charge >= 0.3 is 0 Å². The van der Waals surface area contributed by atoms with Crippen LogP contribution in [-0.2, 0) is 6.54 Å². The van der Waals surface area contributed by atoms with Gasteiger partial charge in [-0.05, 0) is 23.8 Å². The summed E-state index contributed by atoms with van der Waals surface area (Å²) in [5, 5.41) is 0. The van der Waals surface area contributed by atoms with E-state index in [4.69, 9.17) is 5.73 Å². The van der Waals surface area contributed by atoms with Gasteiger partial charge in [0.15, 0.2) is 0 Å². The summed E-state index contributed by atoms with van der Waals surface area (Å²) < 4.78 is 2.11. The van der Waals surface area contributed by atoms with Crippen LogP contribution in [-0.4, -0.2) is 14.5 Å². The highest BCUT2D eigenvalue weighted by atomic mass is 15.2. The zero-order valence-electron chi connectivity index (χ0n) is 9.64. The van der Waals surface area contributed by atoms with E-state index < -0.39 is 0 Å². The molecule has 3 rings (SSSR count). The van der Waals surface area contributed by atoms with Crippen LogP contribution < -0.4 is 5.73 Å². The predicted molar refractivity (Wildman–Crippen MR) is 63.8 cm³/mol. The highest BCUT2D eigenvalue weighted by Crippen LogP contribution is 2.52. The first-order valence-electron chi connectivity index (χ1n) is 5.64. The molecule has 1 fully saturated rings. The van der Waals surface area contributed by atoms with Gasteiger partial charge in [-0.1, -0.05) is 13.8 Å². The van der Waals surface area contributed by atoms with Crippen LogP contribution in [0.3, 0.4) is 0 Å². The molecule has 0 bridgehead atoms. The SMILES string of the molecule is CC1(C)CC1Cn1c(N)nc2cnccc21. The van der Waals surface area contributed by atoms with Gasteiger partial charge in [0, 0.05) is 12.7 Å². The number of fused-ring (bicyclic) bond motifs is 1. The lowest BCUT2D eigenvalue weighted by Crippen LogP contribution is -2.07. The van der Waals surface area contributed by atoms with Crippen LogP contribution in [0.5, 0.6) is 0 Å². The largest absolute Gasteiger partial charge is 0.369 e. The maximum absolute atomic E-state index is 5.94. The lowest BCUT2D eigenvalue weighted by atomic mass is 10.1. The number of nitrogens with two attached hydrogens (primary N) is 1. The first-order chi connectivity index (χ1) is 7.58. The molecule has 16 heavy (non-hydrogen) atoms. The van der Waals surface area contributed by atoms with Crippen molar-refractivity contribution in [1.29, 1.82) is 0 Å². The average Bonchev–Trinajstić information content (AvgIpc) is 2.69. The Bertz CT molecular complexity index is 541. The van der Waals surface area contributed by atoms with Crippen LogP contribution in [0.25, 0.3) is 11.0 Å². The Labute approximate surface area is 94.5 Å². The van der Waals surface area contributed by atoms with Gasteiger partial charge in [-0.2, -0.15) is 0 Å². The summed E-state index contributed by atoms with van der Waals surface area (Å²) in [6, 6.07) is 1.98. The molecule has 1 aliphatic rings. The maximum Gasteiger partial charge on any atom is 0.201 e. The van der Waals surface area contributed by atoms with E-state index in [2.05, 4.69) is 28.4 Å². The van der Waals surface area contributed by atoms with Crippen molar-refractivity contribution >= 4 is 17.0 Å². The second-order valence-electron chi connectivity index (χ2n) is 5.33. The number of hydrogen-bond acceptors (Lipinski definition) is 3. The van der Waals surface area contributed by atoms with Gasteiger partial charge < -0.3 is 10.3 Å². The molecule has 2 heterocycles. The summed E-state index contributed by atoms with van der Waals surface area (Å²) in [7, 11) is 0. The fraction of sp³-hybridized carbons (Fsp3) is 0.500. The number of aromatic nitrogens is 3. The molecule has 0 saturated heterocycles. The lowest BCUT2D eigenvalue weighted by molar-refractivity contribution is 0.507. The molecule has 0 aliphatic heterocycles. The summed E-state index contributed by atoms with van der Waals surface area (Å²) in [4.78, 5) is 8.38. The number of pyridine rings is 1. The van der Waals surface area contributed by atoms with E-state index in [0.29, 0.717) is 11.4 Å². The number of imidazole rings is 1. The summed E-state index contributed by atoms with van der Waals surface area (Å²) in [5.41, 5.74) is 8.39. The standard InChI is InChI=1S/C12H16N4/c1-12(2)5-8(12)7-16-10-3-4-14-6-9(10)15-11(16)13/h3-4,6,8H,5,7H2,1-2H3,(H2,13,15). The molecule has 4 heteroatoms. The van der Waals surface area contributed by atoms with E-state index in [1.165, 1.54) is 6.42 Å². The van der Waals surface area contributed by atoms with E-state index in [1.54, 1.807) is 12.4 Å². The minimum atomic E-state index is 0.468. The van der Waals surface area contributed by atoms with E-state index in [0.717, 1.165) is 23.5 Å². The molecule has 1 aliphatic carbocycles. The van der Waals surface area contributed by atoms with Crippen molar-refractivity contribution in [3.05, 3.63) is 18.5 Å². The van der Waals surface area contributed by atoms with Gasteiger partial charge in [-0.25, -0.2) is 4.98 Å². The van der Waals surface area contributed by atoms with Gasteiger partial charge in [0.2, 0.25) is 5.95 Å². The van der Waals surface area contributed by atoms with Crippen LogP contribution in [0.2, 0.25) is 0 Å². The van der Waals surface area contributed by atoms with Crippen LogP contribution in [0, 0.1) is 11.3 Å². The Morgan fingerprint density at radius 2 is 2.31 bits per heavy atom. The number of anilines is 1. The molecule has 1 saturated carbocycles. The monoisotopic (exact) mass is 216 g/mol. The van der Waals surface area contributed by atoms with Gasteiger partial charge in [0.05, 0.1) is 11.7 Å². The van der Waals surface area contributed by atoms with Crippen molar-refractivity contribution in [3.8, 4) is 0 Å². The summed E-state index contributed by atoms with van der Waals surface area (Å²) in [6.45, 7) is 5.57. The number of nitrogens with zero attached hydrogens (tertiary/aromatic N) is 3. The van der Waals surface area contributed by atoms with Crippen molar-refractivity contribution in [2.24, 2.45) is 11.3 Å². The van der Waals surface area contributed by atoms with Gasteiger partial charge in [-0.15, -0.1) is 0 Å². The van der Waals surface area contributed by atoms with E-state index in [9.17, 15) is 0 Å². The molecule has 2 aromatic rings.